The van der Waals surface area contributed by atoms with Crippen LogP contribution < -0.4 is 4.74 Å². The number of aromatic nitrogens is 3. The molecule has 0 fully saturated rings. The lowest BCUT2D eigenvalue weighted by Crippen LogP contribution is -2.15. The zero-order chi connectivity index (χ0) is 10.4. The van der Waals surface area contributed by atoms with Crippen LogP contribution in [-0.4, -0.2) is 47.3 Å². The van der Waals surface area contributed by atoms with Crippen molar-refractivity contribution in [1.82, 2.24) is 20.1 Å². The average Bonchev–Trinajstić information content (AvgIpc) is 2.12. The quantitative estimate of drug-likeness (QED) is 0.684. The first-order chi connectivity index (χ1) is 6.68. The normalized spacial score (nSPS) is 10.6. The van der Waals surface area contributed by atoms with Crippen LogP contribution in [0.1, 0.15) is 6.42 Å². The molecule has 1 aromatic heterocycles. The monoisotopic (exact) mass is 216 g/mol. The number of rotatable bonds is 5. The Morgan fingerprint density at radius 3 is 2.93 bits per heavy atom. The molecule has 14 heavy (non-hydrogen) atoms. The van der Waals surface area contributed by atoms with E-state index in [0.717, 1.165) is 13.0 Å². The summed E-state index contributed by atoms with van der Waals surface area (Å²) in [7, 11) is 4.03. The van der Waals surface area contributed by atoms with Crippen molar-refractivity contribution in [3.63, 3.8) is 0 Å². The fourth-order valence-electron chi connectivity index (χ4n) is 0.895. The van der Waals surface area contributed by atoms with E-state index in [1.165, 1.54) is 6.20 Å². The van der Waals surface area contributed by atoms with E-state index in [0.29, 0.717) is 12.5 Å². The smallest absolute Gasteiger partial charge is 0.246 e. The molecule has 0 atom stereocenters. The van der Waals surface area contributed by atoms with Crippen molar-refractivity contribution < 1.29 is 4.74 Å². The fourth-order valence-corrected chi connectivity index (χ4v) is 1.02. The van der Waals surface area contributed by atoms with Crippen LogP contribution in [0.25, 0.3) is 0 Å². The van der Waals surface area contributed by atoms with Crippen molar-refractivity contribution in [1.29, 1.82) is 0 Å². The molecule has 0 aromatic carbocycles. The van der Waals surface area contributed by atoms with Gasteiger partial charge >= 0.3 is 0 Å². The summed E-state index contributed by atoms with van der Waals surface area (Å²) in [6, 6.07) is 0. The molecule has 1 heterocycles. The number of ether oxygens (including phenoxy) is 1. The Labute approximate surface area is 88.1 Å². The molecule has 0 N–H and O–H groups in total. The van der Waals surface area contributed by atoms with E-state index in [4.69, 9.17) is 16.3 Å². The van der Waals surface area contributed by atoms with Crippen molar-refractivity contribution >= 4 is 11.6 Å². The topological polar surface area (TPSA) is 51.1 Å². The van der Waals surface area contributed by atoms with E-state index in [1.807, 2.05) is 14.1 Å². The molecule has 78 valence electrons. The minimum atomic E-state index is 0.107. The van der Waals surface area contributed by atoms with Crippen molar-refractivity contribution in [2.24, 2.45) is 0 Å². The minimum Gasteiger partial charge on any atom is -0.476 e. The third kappa shape index (κ3) is 4.34. The van der Waals surface area contributed by atoms with Gasteiger partial charge in [0.2, 0.25) is 11.2 Å². The Morgan fingerprint density at radius 1 is 1.50 bits per heavy atom. The maximum atomic E-state index is 5.54. The summed E-state index contributed by atoms with van der Waals surface area (Å²) in [6.45, 7) is 1.58. The zero-order valence-corrected chi connectivity index (χ0v) is 9.03. The van der Waals surface area contributed by atoms with Gasteiger partial charge in [-0.1, -0.05) is 0 Å². The molecule has 0 amide bonds. The zero-order valence-electron chi connectivity index (χ0n) is 8.27. The Bertz CT molecular complexity index is 282. The maximum absolute atomic E-state index is 5.54. The molecule has 0 aliphatic heterocycles. The molecule has 0 aliphatic carbocycles. The van der Waals surface area contributed by atoms with E-state index in [-0.39, 0.29) is 5.28 Å². The number of hydrogen-bond acceptors (Lipinski definition) is 5. The highest BCUT2D eigenvalue weighted by molar-refractivity contribution is 6.28. The first-order valence-electron chi connectivity index (χ1n) is 4.31. The largest absolute Gasteiger partial charge is 0.476 e. The van der Waals surface area contributed by atoms with E-state index >= 15 is 0 Å². The maximum Gasteiger partial charge on any atom is 0.246 e. The van der Waals surface area contributed by atoms with Crippen molar-refractivity contribution in [3.8, 4) is 5.88 Å². The van der Waals surface area contributed by atoms with Crippen LogP contribution in [0, 0.1) is 0 Å². The van der Waals surface area contributed by atoms with Crippen molar-refractivity contribution in [2.45, 2.75) is 6.42 Å². The third-order valence-electron chi connectivity index (χ3n) is 1.51. The molecule has 6 heteroatoms. The molecule has 5 nitrogen and oxygen atoms in total. The Hall–Kier alpha value is -0.940. The van der Waals surface area contributed by atoms with Crippen molar-refractivity contribution in [3.05, 3.63) is 11.5 Å². The van der Waals surface area contributed by atoms with Gasteiger partial charge in [-0.05, 0) is 32.1 Å². The minimum absolute atomic E-state index is 0.107. The standard InChI is InChI=1S/C8H13ClN4O/c1-13(2)4-3-5-14-7-6-10-12-8(9)11-7/h6H,3-5H2,1-2H3. The molecule has 0 spiro atoms. The molecule has 0 saturated carbocycles. The molecule has 0 saturated heterocycles. The van der Waals surface area contributed by atoms with Gasteiger partial charge in [-0.25, -0.2) is 0 Å². The summed E-state index contributed by atoms with van der Waals surface area (Å²) in [4.78, 5) is 5.94. The van der Waals surface area contributed by atoms with Crippen LogP contribution in [0.15, 0.2) is 6.20 Å². The van der Waals surface area contributed by atoms with Gasteiger partial charge in [-0.3, -0.25) is 0 Å². The summed E-state index contributed by atoms with van der Waals surface area (Å²) in [6.07, 6.45) is 2.39. The van der Waals surface area contributed by atoms with E-state index in [2.05, 4.69) is 20.1 Å². The van der Waals surface area contributed by atoms with Crippen LogP contribution in [0.4, 0.5) is 0 Å². The Balaban J connectivity index is 2.25. The molecular weight excluding hydrogens is 204 g/mol. The number of hydrogen-bond donors (Lipinski definition) is 0. The van der Waals surface area contributed by atoms with Gasteiger partial charge in [0.15, 0.2) is 0 Å². The van der Waals surface area contributed by atoms with E-state index < -0.39 is 0 Å². The summed E-state index contributed by atoms with van der Waals surface area (Å²) in [5, 5.41) is 7.24. The highest BCUT2D eigenvalue weighted by Crippen LogP contribution is 2.06. The third-order valence-corrected chi connectivity index (χ3v) is 1.67. The highest BCUT2D eigenvalue weighted by Gasteiger charge is 1.98. The second-order valence-electron chi connectivity index (χ2n) is 3.07. The van der Waals surface area contributed by atoms with E-state index in [9.17, 15) is 0 Å². The van der Waals surface area contributed by atoms with Gasteiger partial charge in [0.1, 0.15) is 6.20 Å². The van der Waals surface area contributed by atoms with Crippen LogP contribution >= 0.6 is 11.6 Å². The molecule has 0 unspecified atom stereocenters. The molecule has 0 bridgehead atoms. The Morgan fingerprint density at radius 2 is 2.29 bits per heavy atom. The van der Waals surface area contributed by atoms with Gasteiger partial charge in [0.05, 0.1) is 6.61 Å². The average molecular weight is 217 g/mol. The van der Waals surface area contributed by atoms with Gasteiger partial charge in [-0.2, -0.15) is 10.1 Å². The van der Waals surface area contributed by atoms with E-state index in [1.54, 1.807) is 0 Å². The van der Waals surface area contributed by atoms with Gasteiger partial charge < -0.3 is 9.64 Å². The van der Waals surface area contributed by atoms with Crippen LogP contribution in [0.5, 0.6) is 5.88 Å². The summed E-state index contributed by atoms with van der Waals surface area (Å²) in [5.41, 5.74) is 0. The molecule has 0 aliphatic rings. The highest BCUT2D eigenvalue weighted by atomic mass is 35.5. The van der Waals surface area contributed by atoms with Gasteiger partial charge in [-0.15, -0.1) is 5.10 Å². The predicted molar refractivity (Wildman–Crippen MR) is 53.5 cm³/mol. The van der Waals surface area contributed by atoms with Crippen LogP contribution in [0.2, 0.25) is 5.28 Å². The number of halogens is 1. The van der Waals surface area contributed by atoms with Gasteiger partial charge in [0.25, 0.3) is 0 Å². The lowest BCUT2D eigenvalue weighted by molar-refractivity contribution is 0.271. The van der Waals surface area contributed by atoms with Crippen LogP contribution in [0.3, 0.4) is 0 Å². The van der Waals surface area contributed by atoms with Crippen LogP contribution in [-0.2, 0) is 0 Å². The molecule has 0 radical (unpaired) electrons. The molecular formula is C8H13ClN4O. The first kappa shape index (κ1) is 11.1. The second-order valence-corrected chi connectivity index (χ2v) is 3.41. The lowest BCUT2D eigenvalue weighted by Gasteiger charge is -2.09. The fraction of sp³-hybridized carbons (Fsp3) is 0.625. The SMILES string of the molecule is CN(C)CCCOc1cnnc(Cl)n1. The predicted octanol–water partition coefficient (Wildman–Crippen LogP) is 0.855. The summed E-state index contributed by atoms with van der Waals surface area (Å²) < 4.78 is 5.31. The van der Waals surface area contributed by atoms with Crippen molar-refractivity contribution in [2.75, 3.05) is 27.2 Å². The molecule has 1 aromatic rings. The number of nitrogens with zero attached hydrogens (tertiary/aromatic N) is 4. The Kier molecular flexibility index (Phi) is 4.55. The molecule has 1 rings (SSSR count). The summed E-state index contributed by atoms with van der Waals surface area (Å²) >= 11 is 5.54. The van der Waals surface area contributed by atoms with Gasteiger partial charge in [0, 0.05) is 6.54 Å². The lowest BCUT2D eigenvalue weighted by atomic mass is 10.4. The summed E-state index contributed by atoms with van der Waals surface area (Å²) in [5.74, 6) is 0.420. The second kappa shape index (κ2) is 5.72. The first-order valence-corrected chi connectivity index (χ1v) is 4.69.